The van der Waals surface area contributed by atoms with Crippen LogP contribution in [0.15, 0.2) is 30.5 Å². The van der Waals surface area contributed by atoms with E-state index in [1.165, 1.54) is 12.1 Å². The largest absolute Gasteiger partial charge is 0.480 e. The number of amides is 1. The maximum Gasteiger partial charge on any atom is 0.326 e. The fourth-order valence-electron chi connectivity index (χ4n) is 2.53. The van der Waals surface area contributed by atoms with Crippen LogP contribution in [0.2, 0.25) is 0 Å². The summed E-state index contributed by atoms with van der Waals surface area (Å²) in [6, 6.07) is 5.48. The van der Waals surface area contributed by atoms with Gasteiger partial charge in [-0.2, -0.15) is 0 Å². The number of carboxylic acids is 1. The molecular weight excluding hydrogens is 299 g/mol. The highest BCUT2D eigenvalue weighted by Gasteiger charge is 2.20. The summed E-state index contributed by atoms with van der Waals surface area (Å²) in [4.78, 5) is 23.1. The Morgan fingerprint density at radius 1 is 1.30 bits per heavy atom. The van der Waals surface area contributed by atoms with Gasteiger partial charge in [-0.3, -0.25) is 4.79 Å². The molecule has 0 saturated heterocycles. The van der Waals surface area contributed by atoms with Crippen molar-refractivity contribution in [3.8, 4) is 0 Å². The molecule has 1 aromatic heterocycles. The maximum absolute atomic E-state index is 13.3. The molecule has 1 aromatic carbocycles. The lowest BCUT2D eigenvalue weighted by Gasteiger charge is -2.16. The van der Waals surface area contributed by atoms with Crippen molar-refractivity contribution >= 4 is 22.8 Å². The van der Waals surface area contributed by atoms with Gasteiger partial charge in [0.1, 0.15) is 11.9 Å². The first-order chi connectivity index (χ1) is 10.9. The van der Waals surface area contributed by atoms with E-state index < -0.39 is 12.0 Å². The molecule has 0 bridgehead atoms. The van der Waals surface area contributed by atoms with Crippen LogP contribution in [0.3, 0.4) is 0 Å². The summed E-state index contributed by atoms with van der Waals surface area (Å²) < 4.78 is 15.1. The van der Waals surface area contributed by atoms with E-state index in [0.29, 0.717) is 13.0 Å². The number of fused-ring (bicyclic) bond motifs is 1. The molecule has 1 atom stereocenters. The van der Waals surface area contributed by atoms with Crippen molar-refractivity contribution < 1.29 is 19.1 Å². The smallest absolute Gasteiger partial charge is 0.326 e. The molecule has 5 nitrogen and oxygen atoms in total. The Hall–Kier alpha value is -2.37. The van der Waals surface area contributed by atoms with Crippen LogP contribution >= 0.6 is 0 Å². The van der Waals surface area contributed by atoms with Crippen LogP contribution in [0.1, 0.15) is 26.7 Å². The molecule has 0 saturated carbocycles. The first-order valence-electron chi connectivity index (χ1n) is 7.63. The van der Waals surface area contributed by atoms with E-state index in [9.17, 15) is 14.0 Å². The quantitative estimate of drug-likeness (QED) is 0.824. The van der Waals surface area contributed by atoms with E-state index in [0.717, 1.165) is 10.9 Å². The molecule has 0 aliphatic carbocycles. The third-order valence-corrected chi connectivity index (χ3v) is 3.66. The highest BCUT2D eigenvalue weighted by molar-refractivity contribution is 5.84. The van der Waals surface area contributed by atoms with Gasteiger partial charge in [0.25, 0.3) is 0 Å². The number of hydrogen-bond acceptors (Lipinski definition) is 2. The summed E-state index contributed by atoms with van der Waals surface area (Å²) in [5, 5.41) is 12.6. The highest BCUT2D eigenvalue weighted by Crippen LogP contribution is 2.17. The molecule has 0 radical (unpaired) electrons. The van der Waals surface area contributed by atoms with Gasteiger partial charge in [0.2, 0.25) is 5.91 Å². The predicted molar refractivity (Wildman–Crippen MR) is 85.5 cm³/mol. The first kappa shape index (κ1) is 17.0. The standard InChI is InChI=1S/C17H21FN2O3/c1-11(2)9-14(17(22)23)19-16(21)6-8-20-7-5-12-3-4-13(18)10-15(12)20/h3-5,7,10-11,14H,6,8-9H2,1-2H3,(H,19,21)(H,22,23). The summed E-state index contributed by atoms with van der Waals surface area (Å²) in [5.41, 5.74) is 0.717. The second kappa shape index (κ2) is 7.26. The van der Waals surface area contributed by atoms with Gasteiger partial charge in [-0.15, -0.1) is 0 Å². The number of carbonyl (C=O) groups excluding carboxylic acids is 1. The Morgan fingerprint density at radius 2 is 2.04 bits per heavy atom. The number of rotatable bonds is 7. The predicted octanol–water partition coefficient (Wildman–Crippen LogP) is 2.79. The Morgan fingerprint density at radius 3 is 2.70 bits per heavy atom. The fourth-order valence-corrected chi connectivity index (χ4v) is 2.53. The molecule has 0 fully saturated rings. The van der Waals surface area contributed by atoms with E-state index in [1.54, 1.807) is 16.8 Å². The van der Waals surface area contributed by atoms with Gasteiger partial charge in [0.05, 0.1) is 5.52 Å². The van der Waals surface area contributed by atoms with Crippen LogP contribution in [0.25, 0.3) is 10.9 Å². The van der Waals surface area contributed by atoms with Crippen LogP contribution in [-0.4, -0.2) is 27.6 Å². The number of aliphatic carboxylic acids is 1. The SMILES string of the molecule is CC(C)CC(NC(=O)CCn1ccc2ccc(F)cc21)C(=O)O. The van der Waals surface area contributed by atoms with Crippen molar-refractivity contribution in [1.29, 1.82) is 0 Å². The molecule has 23 heavy (non-hydrogen) atoms. The second-order valence-electron chi connectivity index (χ2n) is 6.05. The van der Waals surface area contributed by atoms with Crippen molar-refractivity contribution in [3.63, 3.8) is 0 Å². The minimum absolute atomic E-state index is 0.141. The Balaban J connectivity index is 1.97. The van der Waals surface area contributed by atoms with Crippen molar-refractivity contribution in [2.24, 2.45) is 5.92 Å². The molecule has 0 aliphatic rings. The van der Waals surface area contributed by atoms with Gasteiger partial charge in [0.15, 0.2) is 0 Å². The molecule has 0 spiro atoms. The van der Waals surface area contributed by atoms with Gasteiger partial charge in [-0.1, -0.05) is 13.8 Å². The summed E-state index contributed by atoms with van der Waals surface area (Å²) in [5.74, 6) is -1.51. The van der Waals surface area contributed by atoms with Gasteiger partial charge in [-0.25, -0.2) is 9.18 Å². The molecule has 2 rings (SSSR count). The number of nitrogens with one attached hydrogen (secondary N) is 1. The molecular formula is C17H21FN2O3. The average molecular weight is 320 g/mol. The summed E-state index contributed by atoms with van der Waals surface area (Å²) in [7, 11) is 0. The fraction of sp³-hybridized carbons (Fsp3) is 0.412. The summed E-state index contributed by atoms with van der Waals surface area (Å²) in [6.07, 6.45) is 2.32. The van der Waals surface area contributed by atoms with Gasteiger partial charge >= 0.3 is 5.97 Å². The number of halogens is 1. The molecule has 1 amide bonds. The van der Waals surface area contributed by atoms with E-state index in [1.807, 2.05) is 19.9 Å². The molecule has 124 valence electrons. The summed E-state index contributed by atoms with van der Waals surface area (Å²) >= 11 is 0. The monoisotopic (exact) mass is 320 g/mol. The van der Waals surface area contributed by atoms with Gasteiger partial charge in [-0.05, 0) is 42.0 Å². The van der Waals surface area contributed by atoms with Crippen LogP contribution in [0, 0.1) is 11.7 Å². The number of hydrogen-bond donors (Lipinski definition) is 2. The zero-order chi connectivity index (χ0) is 17.0. The van der Waals surface area contributed by atoms with Crippen molar-refractivity contribution in [2.75, 3.05) is 0 Å². The molecule has 1 heterocycles. The lowest BCUT2D eigenvalue weighted by Crippen LogP contribution is -2.41. The minimum Gasteiger partial charge on any atom is -0.480 e. The Kier molecular flexibility index (Phi) is 5.36. The second-order valence-corrected chi connectivity index (χ2v) is 6.05. The van der Waals surface area contributed by atoms with Crippen LogP contribution < -0.4 is 5.32 Å². The molecule has 6 heteroatoms. The van der Waals surface area contributed by atoms with E-state index in [-0.39, 0.29) is 24.1 Å². The normalized spacial score (nSPS) is 12.5. The zero-order valence-electron chi connectivity index (χ0n) is 13.3. The van der Waals surface area contributed by atoms with E-state index in [2.05, 4.69) is 5.32 Å². The Labute approximate surface area is 134 Å². The third kappa shape index (κ3) is 4.55. The van der Waals surface area contributed by atoms with Crippen LogP contribution in [-0.2, 0) is 16.1 Å². The number of carbonyl (C=O) groups is 2. The van der Waals surface area contributed by atoms with Crippen molar-refractivity contribution in [2.45, 2.75) is 39.3 Å². The first-order valence-corrected chi connectivity index (χ1v) is 7.63. The topological polar surface area (TPSA) is 71.3 Å². The Bertz CT molecular complexity index is 709. The van der Waals surface area contributed by atoms with Crippen molar-refractivity contribution in [1.82, 2.24) is 9.88 Å². The number of aromatic nitrogens is 1. The molecule has 1 unspecified atom stereocenters. The number of carboxylic acid groups (broad SMARTS) is 1. The van der Waals surface area contributed by atoms with E-state index in [4.69, 9.17) is 5.11 Å². The highest BCUT2D eigenvalue weighted by atomic mass is 19.1. The maximum atomic E-state index is 13.3. The summed E-state index contributed by atoms with van der Waals surface area (Å²) in [6.45, 7) is 4.18. The van der Waals surface area contributed by atoms with E-state index >= 15 is 0 Å². The number of nitrogens with zero attached hydrogens (tertiary/aromatic N) is 1. The van der Waals surface area contributed by atoms with Crippen LogP contribution in [0.5, 0.6) is 0 Å². The van der Waals surface area contributed by atoms with Gasteiger partial charge in [0, 0.05) is 19.2 Å². The minimum atomic E-state index is -1.03. The molecule has 2 aromatic rings. The number of benzene rings is 1. The van der Waals surface area contributed by atoms with Crippen molar-refractivity contribution in [3.05, 3.63) is 36.3 Å². The zero-order valence-corrected chi connectivity index (χ0v) is 13.3. The van der Waals surface area contributed by atoms with Crippen LogP contribution in [0.4, 0.5) is 4.39 Å². The lowest BCUT2D eigenvalue weighted by molar-refractivity contribution is -0.142. The molecule has 0 aliphatic heterocycles. The number of aryl methyl sites for hydroxylation is 1. The lowest BCUT2D eigenvalue weighted by atomic mass is 10.0. The average Bonchev–Trinajstić information content (AvgIpc) is 2.86. The van der Waals surface area contributed by atoms with Gasteiger partial charge < -0.3 is 15.0 Å². The molecule has 2 N–H and O–H groups in total. The third-order valence-electron chi connectivity index (χ3n) is 3.66.